The first-order chi connectivity index (χ1) is 11.4. The third-order valence-corrected chi connectivity index (χ3v) is 6.10. The Balaban J connectivity index is 3.24. The van der Waals surface area contributed by atoms with Gasteiger partial charge in [-0.3, -0.25) is 14.6 Å². The van der Waals surface area contributed by atoms with Gasteiger partial charge < -0.3 is 14.2 Å². The Morgan fingerprint density at radius 3 is 2.33 bits per heavy atom. The first kappa shape index (κ1) is 20.8. The van der Waals surface area contributed by atoms with Crippen LogP contribution in [0.3, 0.4) is 0 Å². The number of benzene rings is 1. The molecule has 0 fully saturated rings. The summed E-state index contributed by atoms with van der Waals surface area (Å²) in [4.78, 5) is 11.2. The van der Waals surface area contributed by atoms with Gasteiger partial charge in [-0.2, -0.15) is 0 Å². The minimum Gasteiger partial charge on any atom is -0.392 e. The van der Waals surface area contributed by atoms with Crippen molar-refractivity contribution < 1.29 is 28.7 Å². The van der Waals surface area contributed by atoms with Crippen LogP contribution in [0.2, 0.25) is 0 Å². The lowest BCUT2D eigenvalue weighted by Gasteiger charge is -2.28. The Morgan fingerprint density at radius 1 is 1.25 bits per heavy atom. The van der Waals surface area contributed by atoms with E-state index in [0.717, 1.165) is 0 Å². The quantitative estimate of drug-likeness (QED) is 0.379. The largest absolute Gasteiger partial charge is 0.392 e. The monoisotopic (exact) mass is 359 g/mol. The molecule has 0 bridgehead atoms. The van der Waals surface area contributed by atoms with Gasteiger partial charge in [-0.1, -0.05) is 24.3 Å². The van der Waals surface area contributed by atoms with Crippen LogP contribution in [0.15, 0.2) is 24.3 Å². The van der Waals surface area contributed by atoms with Crippen LogP contribution in [0.25, 0.3) is 0 Å². The number of aliphatic hydroxyl groups excluding tert-OH is 1. The molecule has 0 aliphatic heterocycles. The summed E-state index contributed by atoms with van der Waals surface area (Å²) in [5.41, 5.74) is 0.534. The highest BCUT2D eigenvalue weighted by Crippen LogP contribution is 2.62. The van der Waals surface area contributed by atoms with Gasteiger partial charge in [-0.15, -0.1) is 0 Å². The maximum Gasteiger partial charge on any atom is 0.338 e. The predicted octanol–water partition coefficient (Wildman–Crippen LogP) is 3.11. The van der Waals surface area contributed by atoms with E-state index < -0.39 is 19.2 Å². The summed E-state index contributed by atoms with van der Waals surface area (Å²) in [6.45, 7) is 4.82. The third-order valence-electron chi connectivity index (χ3n) is 3.56. The summed E-state index contributed by atoms with van der Waals surface area (Å²) in [5, 5.41) is 19.8. The number of carbonyl (C=O) groups excluding carboxylic acids is 1. The summed E-state index contributed by atoms with van der Waals surface area (Å²) in [6, 6.07) is 7.01. The number of aliphatic hydroxyl groups is 1. The Kier molecular flexibility index (Phi) is 8.59. The van der Waals surface area contributed by atoms with Gasteiger partial charge >= 0.3 is 7.60 Å². The molecular weight excluding hydrogens is 333 g/mol. The molecule has 7 nitrogen and oxygen atoms in total. The molecular formula is C16H26NO6P. The lowest BCUT2D eigenvalue weighted by Crippen LogP contribution is -2.27. The Bertz CT molecular complexity index is 569. The first-order valence-corrected chi connectivity index (χ1v) is 9.55. The number of amides is 1. The minimum absolute atomic E-state index is 0.0239. The van der Waals surface area contributed by atoms with E-state index in [0.29, 0.717) is 16.2 Å². The summed E-state index contributed by atoms with van der Waals surface area (Å²) in [5.74, 6) is -0.508. The van der Waals surface area contributed by atoms with Crippen LogP contribution in [0.4, 0.5) is 0 Å². The minimum atomic E-state index is -3.54. The van der Waals surface area contributed by atoms with Crippen molar-refractivity contribution in [2.24, 2.45) is 0 Å². The van der Waals surface area contributed by atoms with Gasteiger partial charge in [0.2, 0.25) is 5.91 Å². The highest BCUT2D eigenvalue weighted by Gasteiger charge is 2.38. The molecule has 8 heteroatoms. The van der Waals surface area contributed by atoms with Gasteiger partial charge in [0.25, 0.3) is 0 Å². The van der Waals surface area contributed by atoms with E-state index in [1.807, 2.05) is 0 Å². The third kappa shape index (κ3) is 5.40. The smallest absolute Gasteiger partial charge is 0.338 e. The molecule has 24 heavy (non-hydrogen) atoms. The van der Waals surface area contributed by atoms with Crippen LogP contribution < -0.4 is 0 Å². The van der Waals surface area contributed by atoms with Gasteiger partial charge in [0, 0.05) is 13.5 Å². The Hall–Kier alpha value is -1.24. The van der Waals surface area contributed by atoms with Crippen molar-refractivity contribution in [3.8, 4) is 0 Å². The number of carbonyl (C=O) groups is 1. The predicted molar refractivity (Wildman–Crippen MR) is 89.8 cm³/mol. The zero-order chi connectivity index (χ0) is 18.2. The molecule has 0 aromatic heterocycles. The average Bonchev–Trinajstić information content (AvgIpc) is 2.55. The number of hydrogen-bond acceptors (Lipinski definition) is 6. The number of rotatable bonds is 10. The molecule has 1 atom stereocenters. The topological polar surface area (TPSA) is 96.3 Å². The number of nitrogens with zero attached hydrogens (tertiary/aromatic N) is 1. The number of hydroxylamine groups is 2. The van der Waals surface area contributed by atoms with E-state index in [4.69, 9.17) is 9.05 Å². The van der Waals surface area contributed by atoms with Crippen molar-refractivity contribution in [1.29, 1.82) is 0 Å². The summed E-state index contributed by atoms with van der Waals surface area (Å²) in [6.07, 6.45) is 0.171. The maximum absolute atomic E-state index is 13.3. The molecule has 1 rings (SSSR count). The van der Waals surface area contributed by atoms with E-state index >= 15 is 0 Å². The second-order valence-corrected chi connectivity index (χ2v) is 7.40. The highest BCUT2D eigenvalue weighted by atomic mass is 31.2. The van der Waals surface area contributed by atoms with E-state index in [1.54, 1.807) is 38.1 Å². The maximum atomic E-state index is 13.3. The molecule has 0 saturated heterocycles. The fraction of sp³-hybridized carbons (Fsp3) is 0.562. The SMILES string of the molecule is CCOP(=O)(OCC)C(CCN(O)C(C)=O)c1ccccc1CO. The van der Waals surface area contributed by atoms with Crippen LogP contribution in [0.5, 0.6) is 0 Å². The number of hydrogen-bond donors (Lipinski definition) is 2. The first-order valence-electron chi connectivity index (χ1n) is 7.94. The molecule has 0 aliphatic rings. The van der Waals surface area contributed by atoms with Gasteiger partial charge in [0.05, 0.1) is 25.5 Å². The van der Waals surface area contributed by atoms with Gasteiger partial charge in [-0.25, -0.2) is 5.06 Å². The molecule has 1 unspecified atom stereocenters. The molecule has 0 aliphatic carbocycles. The average molecular weight is 359 g/mol. The van der Waals surface area contributed by atoms with Gasteiger partial charge in [0.15, 0.2) is 0 Å². The summed E-state index contributed by atoms with van der Waals surface area (Å²) < 4.78 is 24.1. The zero-order valence-corrected chi connectivity index (χ0v) is 15.2. The standard InChI is InChI=1S/C16H26NO6P/c1-4-22-24(21,23-5-2)16(10-11-17(20)13(3)19)15-9-7-6-8-14(15)12-18/h6-9,16,18,20H,4-5,10-12H2,1-3H3. The Morgan fingerprint density at radius 2 is 1.83 bits per heavy atom. The van der Waals surface area contributed by atoms with Crippen LogP contribution in [0, 0.1) is 0 Å². The lowest BCUT2D eigenvalue weighted by molar-refractivity contribution is -0.162. The van der Waals surface area contributed by atoms with Gasteiger partial charge in [0.1, 0.15) is 0 Å². The lowest BCUT2D eigenvalue weighted by atomic mass is 10.0. The molecule has 0 spiro atoms. The van der Waals surface area contributed by atoms with Crippen molar-refractivity contribution >= 4 is 13.5 Å². The second-order valence-electron chi connectivity index (χ2n) is 5.18. The molecule has 2 N–H and O–H groups in total. The molecule has 1 aromatic carbocycles. The second kappa shape index (κ2) is 9.91. The summed E-state index contributed by atoms with van der Waals surface area (Å²) in [7, 11) is -3.54. The van der Waals surface area contributed by atoms with E-state index in [9.17, 15) is 19.7 Å². The van der Waals surface area contributed by atoms with Crippen molar-refractivity contribution in [1.82, 2.24) is 5.06 Å². The molecule has 0 radical (unpaired) electrons. The van der Waals surface area contributed by atoms with Gasteiger partial charge in [-0.05, 0) is 31.4 Å². The van der Waals surface area contributed by atoms with Crippen molar-refractivity contribution in [3.63, 3.8) is 0 Å². The highest BCUT2D eigenvalue weighted by molar-refractivity contribution is 7.54. The fourth-order valence-corrected chi connectivity index (χ4v) is 4.64. The van der Waals surface area contributed by atoms with Crippen molar-refractivity contribution in [2.75, 3.05) is 19.8 Å². The van der Waals surface area contributed by atoms with Crippen LogP contribution in [-0.2, 0) is 25.0 Å². The molecule has 136 valence electrons. The molecule has 1 aromatic rings. The van der Waals surface area contributed by atoms with Crippen LogP contribution in [-0.4, -0.2) is 41.0 Å². The molecule has 1 amide bonds. The van der Waals surface area contributed by atoms with E-state index in [2.05, 4.69) is 0 Å². The van der Waals surface area contributed by atoms with Crippen LogP contribution >= 0.6 is 7.60 Å². The van der Waals surface area contributed by atoms with E-state index in [-0.39, 0.29) is 32.8 Å². The van der Waals surface area contributed by atoms with E-state index in [1.165, 1.54) is 6.92 Å². The molecule has 0 heterocycles. The Labute approximate surface area is 142 Å². The molecule has 0 saturated carbocycles. The van der Waals surface area contributed by atoms with Crippen LogP contribution in [0.1, 0.15) is 44.0 Å². The van der Waals surface area contributed by atoms with Crippen molar-refractivity contribution in [2.45, 2.75) is 39.5 Å². The summed E-state index contributed by atoms with van der Waals surface area (Å²) >= 11 is 0. The fourth-order valence-electron chi connectivity index (χ4n) is 2.47. The van der Waals surface area contributed by atoms with Crippen molar-refractivity contribution in [3.05, 3.63) is 35.4 Å². The normalized spacial score (nSPS) is 12.9. The zero-order valence-electron chi connectivity index (χ0n) is 14.3.